The average molecular weight is 493 g/mol. The van der Waals surface area contributed by atoms with Gasteiger partial charge in [-0.25, -0.2) is 14.2 Å². The van der Waals surface area contributed by atoms with E-state index in [1.807, 2.05) is 50.0 Å². The van der Waals surface area contributed by atoms with Gasteiger partial charge in [0.05, 0.1) is 17.9 Å². The number of nitrogens with zero attached hydrogens (tertiary/aromatic N) is 5. The molecule has 36 heavy (non-hydrogen) atoms. The summed E-state index contributed by atoms with van der Waals surface area (Å²) in [4.78, 5) is 20.7. The Balaban J connectivity index is 1.28. The third-order valence-corrected chi connectivity index (χ3v) is 6.87. The van der Waals surface area contributed by atoms with Gasteiger partial charge >= 0.3 is 6.09 Å². The average Bonchev–Trinajstić information content (AvgIpc) is 3.34. The van der Waals surface area contributed by atoms with Crippen molar-refractivity contribution in [2.24, 2.45) is 0 Å². The number of nitrogen functional groups attached to an aromatic ring is 1. The number of piperidine rings is 1. The Hall–Kier alpha value is -3.62. The number of nitrogens with two attached hydrogens (primary N) is 1. The Morgan fingerprint density at radius 2 is 1.92 bits per heavy atom. The Morgan fingerprint density at radius 3 is 2.67 bits per heavy atom. The molecule has 5 rings (SSSR count). The van der Waals surface area contributed by atoms with Crippen molar-refractivity contribution in [3.8, 4) is 11.1 Å². The first-order chi connectivity index (χ1) is 17.2. The van der Waals surface area contributed by atoms with Gasteiger partial charge in [-0.3, -0.25) is 4.68 Å². The van der Waals surface area contributed by atoms with Gasteiger partial charge in [0, 0.05) is 49.7 Å². The Kier molecular flexibility index (Phi) is 6.32. The number of rotatable bonds is 3. The van der Waals surface area contributed by atoms with E-state index in [1.165, 1.54) is 6.07 Å². The monoisotopic (exact) mass is 492 g/mol. The number of likely N-dealkylation sites (tertiary alicyclic amines) is 1. The number of pyridine rings is 1. The van der Waals surface area contributed by atoms with Gasteiger partial charge in [-0.15, -0.1) is 0 Å². The largest absolute Gasteiger partial charge is 0.444 e. The van der Waals surface area contributed by atoms with Gasteiger partial charge < -0.3 is 20.3 Å². The Bertz CT molecular complexity index is 1260. The molecule has 1 fully saturated rings. The molecular formula is C27H33FN6O2. The fourth-order valence-corrected chi connectivity index (χ4v) is 4.97. The van der Waals surface area contributed by atoms with Crippen LogP contribution in [0.2, 0.25) is 0 Å². The molecule has 0 unspecified atom stereocenters. The summed E-state index contributed by atoms with van der Waals surface area (Å²) in [5.41, 5.74) is 10.3. The highest BCUT2D eigenvalue weighted by Crippen LogP contribution is 2.33. The molecule has 4 heterocycles. The quantitative estimate of drug-likeness (QED) is 0.565. The minimum absolute atomic E-state index is 0.142. The van der Waals surface area contributed by atoms with Gasteiger partial charge in [0.2, 0.25) is 0 Å². The molecule has 9 heteroatoms. The van der Waals surface area contributed by atoms with Crippen LogP contribution in [-0.2, 0) is 17.7 Å². The molecule has 0 atom stereocenters. The van der Waals surface area contributed by atoms with Gasteiger partial charge in [0.15, 0.2) is 0 Å². The van der Waals surface area contributed by atoms with Crippen LogP contribution in [0.4, 0.5) is 20.7 Å². The molecule has 0 radical (unpaired) electrons. The molecule has 3 aromatic rings. The summed E-state index contributed by atoms with van der Waals surface area (Å²) in [5.74, 6) is 0.317. The number of hydrogen-bond donors (Lipinski definition) is 1. The van der Waals surface area contributed by atoms with E-state index in [0.29, 0.717) is 38.4 Å². The topological polar surface area (TPSA) is 89.5 Å². The van der Waals surface area contributed by atoms with Crippen molar-refractivity contribution in [1.29, 1.82) is 0 Å². The molecule has 2 aliphatic rings. The lowest BCUT2D eigenvalue weighted by Crippen LogP contribution is -2.42. The van der Waals surface area contributed by atoms with E-state index in [9.17, 15) is 9.18 Å². The molecule has 0 spiro atoms. The van der Waals surface area contributed by atoms with E-state index < -0.39 is 5.60 Å². The second kappa shape index (κ2) is 9.44. The summed E-state index contributed by atoms with van der Waals surface area (Å²) in [7, 11) is 0. The SMILES string of the molecule is CC(C)(C)OC(=O)N1CCC(n2cc(-c3cnc(N)c(N4CCc5c(F)cccc5C4)c3)cn2)CC1. The van der Waals surface area contributed by atoms with Gasteiger partial charge in [0.25, 0.3) is 0 Å². The predicted octanol–water partition coefficient (Wildman–Crippen LogP) is 4.80. The second-order valence-electron chi connectivity index (χ2n) is 10.6. The Labute approximate surface area is 210 Å². The number of halogens is 1. The number of hydrogen-bond acceptors (Lipinski definition) is 6. The van der Waals surface area contributed by atoms with Crippen LogP contribution in [0.1, 0.15) is 50.8 Å². The molecule has 190 valence electrons. The zero-order chi connectivity index (χ0) is 25.4. The fourth-order valence-electron chi connectivity index (χ4n) is 4.97. The highest BCUT2D eigenvalue weighted by atomic mass is 19.1. The van der Waals surface area contributed by atoms with Gasteiger partial charge in [0.1, 0.15) is 17.2 Å². The zero-order valence-electron chi connectivity index (χ0n) is 21.1. The summed E-state index contributed by atoms with van der Waals surface area (Å²) in [5, 5.41) is 4.62. The molecule has 1 aromatic carbocycles. The highest BCUT2D eigenvalue weighted by molar-refractivity contribution is 5.73. The minimum Gasteiger partial charge on any atom is -0.444 e. The summed E-state index contributed by atoms with van der Waals surface area (Å²) >= 11 is 0. The molecule has 0 aliphatic carbocycles. The number of anilines is 2. The van der Waals surface area contributed by atoms with Crippen molar-refractivity contribution in [3.05, 3.63) is 59.8 Å². The van der Waals surface area contributed by atoms with Crippen LogP contribution in [0.5, 0.6) is 0 Å². The molecular weight excluding hydrogens is 459 g/mol. The van der Waals surface area contributed by atoms with Crippen LogP contribution in [-0.4, -0.2) is 51.0 Å². The first kappa shape index (κ1) is 24.1. The first-order valence-corrected chi connectivity index (χ1v) is 12.5. The van der Waals surface area contributed by atoms with Crippen molar-refractivity contribution >= 4 is 17.6 Å². The van der Waals surface area contributed by atoms with E-state index in [-0.39, 0.29) is 18.0 Å². The molecule has 0 bridgehead atoms. The summed E-state index contributed by atoms with van der Waals surface area (Å²) < 4.78 is 21.6. The summed E-state index contributed by atoms with van der Waals surface area (Å²) in [6.07, 6.45) is 7.65. The fraction of sp³-hybridized carbons (Fsp3) is 0.444. The molecule has 1 saturated heterocycles. The van der Waals surface area contributed by atoms with Crippen molar-refractivity contribution in [2.45, 2.75) is 58.2 Å². The molecule has 2 N–H and O–H groups in total. The third-order valence-electron chi connectivity index (χ3n) is 6.87. The van der Waals surface area contributed by atoms with E-state index in [4.69, 9.17) is 10.5 Å². The lowest BCUT2D eigenvalue weighted by Gasteiger charge is -2.33. The number of carbonyl (C=O) groups is 1. The van der Waals surface area contributed by atoms with Gasteiger partial charge in [-0.1, -0.05) is 12.1 Å². The molecule has 2 aromatic heterocycles. The maximum atomic E-state index is 14.2. The zero-order valence-corrected chi connectivity index (χ0v) is 21.1. The lowest BCUT2D eigenvalue weighted by molar-refractivity contribution is 0.0185. The lowest BCUT2D eigenvalue weighted by atomic mass is 9.98. The van der Waals surface area contributed by atoms with Crippen molar-refractivity contribution in [2.75, 3.05) is 30.3 Å². The Morgan fingerprint density at radius 1 is 1.14 bits per heavy atom. The highest BCUT2D eigenvalue weighted by Gasteiger charge is 2.28. The number of aromatic nitrogens is 3. The maximum absolute atomic E-state index is 14.2. The van der Waals surface area contributed by atoms with Crippen LogP contribution in [0.25, 0.3) is 11.1 Å². The second-order valence-corrected chi connectivity index (χ2v) is 10.6. The standard InChI is InChI=1S/C27H33FN6O2/c1-27(2,3)36-26(35)32-10-7-21(8-11-32)34-17-20(15-31-34)19-13-24(25(29)30-14-19)33-12-9-22-18(16-33)5-4-6-23(22)28/h4-6,13-15,17,21H,7-12,16H2,1-3H3,(H2,29,30). The number of fused-ring (bicyclic) bond motifs is 1. The van der Waals surface area contributed by atoms with Crippen molar-refractivity contribution in [1.82, 2.24) is 19.7 Å². The molecule has 8 nitrogen and oxygen atoms in total. The smallest absolute Gasteiger partial charge is 0.410 e. The van der Waals surface area contributed by atoms with E-state index in [2.05, 4.69) is 15.0 Å². The number of carbonyl (C=O) groups excluding carboxylic acids is 1. The summed E-state index contributed by atoms with van der Waals surface area (Å²) in [6, 6.07) is 7.49. The van der Waals surface area contributed by atoms with Crippen LogP contribution >= 0.6 is 0 Å². The van der Waals surface area contributed by atoms with Crippen molar-refractivity contribution in [3.63, 3.8) is 0 Å². The van der Waals surface area contributed by atoms with Gasteiger partial charge in [-0.05, 0) is 63.3 Å². The summed E-state index contributed by atoms with van der Waals surface area (Å²) in [6.45, 7) is 8.19. The number of ether oxygens (including phenoxy) is 1. The minimum atomic E-state index is -0.495. The number of benzene rings is 1. The molecule has 2 aliphatic heterocycles. The third kappa shape index (κ3) is 5.01. The molecule has 0 saturated carbocycles. The van der Waals surface area contributed by atoms with Crippen molar-refractivity contribution < 1.29 is 13.9 Å². The van der Waals surface area contributed by atoms with Crippen LogP contribution in [0, 0.1) is 5.82 Å². The normalized spacial score (nSPS) is 16.7. The van der Waals surface area contributed by atoms with Crippen LogP contribution < -0.4 is 10.6 Å². The van der Waals surface area contributed by atoms with Crippen LogP contribution in [0.3, 0.4) is 0 Å². The van der Waals surface area contributed by atoms with Gasteiger partial charge in [-0.2, -0.15) is 5.10 Å². The maximum Gasteiger partial charge on any atom is 0.410 e. The first-order valence-electron chi connectivity index (χ1n) is 12.5. The van der Waals surface area contributed by atoms with Crippen LogP contribution in [0.15, 0.2) is 42.9 Å². The van der Waals surface area contributed by atoms with E-state index in [0.717, 1.165) is 40.8 Å². The predicted molar refractivity (Wildman–Crippen MR) is 137 cm³/mol. The van der Waals surface area contributed by atoms with E-state index in [1.54, 1.807) is 17.2 Å². The van der Waals surface area contributed by atoms with E-state index >= 15 is 0 Å². The number of amides is 1. The molecule has 1 amide bonds.